The number of fused-ring (bicyclic) bond motifs is 1. The molecule has 1 N–H and O–H groups in total. The van der Waals surface area contributed by atoms with E-state index in [2.05, 4.69) is 15.3 Å². The summed E-state index contributed by atoms with van der Waals surface area (Å²) in [6.07, 6.45) is -4.23. The molecule has 0 spiro atoms. The number of alkyl halides is 3. The van der Waals surface area contributed by atoms with Gasteiger partial charge >= 0.3 is 12.1 Å². The van der Waals surface area contributed by atoms with Crippen molar-refractivity contribution >= 4 is 34.2 Å². The number of nitro benzene ring substituents is 1. The molecule has 1 atom stereocenters. The summed E-state index contributed by atoms with van der Waals surface area (Å²) >= 11 is 6.19. The summed E-state index contributed by atoms with van der Waals surface area (Å²) in [5.74, 6) is -3.89. The van der Waals surface area contributed by atoms with Gasteiger partial charge in [0.1, 0.15) is 17.5 Å². The number of pyridine rings is 1. The average molecular weight is 545 g/mol. The molecule has 0 saturated heterocycles. The molecule has 4 aromatic rings. The predicted molar refractivity (Wildman–Crippen MR) is 129 cm³/mol. The molecule has 0 aliphatic rings. The summed E-state index contributed by atoms with van der Waals surface area (Å²) in [6.45, 7) is 1.25. The lowest BCUT2D eigenvalue weighted by Gasteiger charge is -2.22. The summed E-state index contributed by atoms with van der Waals surface area (Å²) in [5.41, 5.74) is -1.86. The van der Waals surface area contributed by atoms with Gasteiger partial charge < -0.3 is 5.11 Å². The Morgan fingerprint density at radius 2 is 2.03 bits per heavy atom. The van der Waals surface area contributed by atoms with E-state index in [1.54, 1.807) is 18.2 Å². The molecule has 10 nitrogen and oxygen atoms in total. The number of benzene rings is 2. The highest BCUT2D eigenvalue weighted by Crippen LogP contribution is 2.46. The SMILES string of the molecule is CCC(c1c([N+](=O)[O-])ccc(C(=O)O)c1-c1cn(Cc2ccc3c(Cl)cc(C#N)nc3c2)nn1)C(F)(F)F. The van der Waals surface area contributed by atoms with Crippen molar-refractivity contribution in [2.45, 2.75) is 32.0 Å². The quantitative estimate of drug-likeness (QED) is 0.229. The normalized spacial score (nSPS) is 12.3. The number of carboxylic acid groups (broad SMARTS) is 1. The highest BCUT2D eigenvalue weighted by Gasteiger charge is 2.45. The number of nitriles is 1. The topological polar surface area (TPSA) is 148 Å². The number of aromatic nitrogens is 4. The van der Waals surface area contributed by atoms with Crippen LogP contribution in [0.2, 0.25) is 5.02 Å². The zero-order valence-corrected chi connectivity index (χ0v) is 20.2. The molecule has 0 aliphatic carbocycles. The molecule has 1 unspecified atom stereocenters. The summed E-state index contributed by atoms with van der Waals surface area (Å²) < 4.78 is 43.0. The van der Waals surface area contributed by atoms with Gasteiger partial charge in [0, 0.05) is 17.0 Å². The summed E-state index contributed by atoms with van der Waals surface area (Å²) in [4.78, 5) is 26.8. The van der Waals surface area contributed by atoms with Gasteiger partial charge in [-0.05, 0) is 30.2 Å². The predicted octanol–water partition coefficient (Wildman–Crippen LogP) is 5.73. The standard InChI is InChI=1S/C24H16ClF3N6O4/c1-2-16(24(26,27)28)22-20(34(37)38)6-5-15(23(35)36)21(22)19-11-33(32-31-19)10-12-3-4-14-17(25)8-13(9-29)30-18(14)7-12/h3-8,11,16H,2,10H2,1H3,(H,35,36). The number of carbonyl (C=O) groups is 1. The van der Waals surface area contributed by atoms with Gasteiger partial charge in [-0.15, -0.1) is 5.10 Å². The molecule has 4 rings (SSSR count). The second kappa shape index (κ2) is 10.1. The minimum atomic E-state index is -4.89. The Morgan fingerprint density at radius 1 is 1.29 bits per heavy atom. The van der Waals surface area contributed by atoms with Crippen molar-refractivity contribution in [1.29, 1.82) is 5.26 Å². The first-order chi connectivity index (χ1) is 17.9. The molecule has 38 heavy (non-hydrogen) atoms. The van der Waals surface area contributed by atoms with Crippen LogP contribution in [-0.2, 0) is 6.54 Å². The molecule has 0 radical (unpaired) electrons. The number of aromatic carboxylic acids is 1. The van der Waals surface area contributed by atoms with E-state index in [1.807, 2.05) is 6.07 Å². The third-order valence-electron chi connectivity index (χ3n) is 5.88. The Labute approximate surface area is 217 Å². The average Bonchev–Trinajstić information content (AvgIpc) is 3.30. The minimum absolute atomic E-state index is 0.0438. The molecule has 0 fully saturated rings. The third kappa shape index (κ3) is 4.98. The first-order valence-corrected chi connectivity index (χ1v) is 11.3. The molecule has 0 bridgehead atoms. The Hall–Kier alpha value is -4.57. The van der Waals surface area contributed by atoms with Gasteiger partial charge in [-0.3, -0.25) is 10.1 Å². The Kier molecular flexibility index (Phi) is 7.01. The van der Waals surface area contributed by atoms with E-state index in [0.717, 1.165) is 12.1 Å². The second-order valence-corrected chi connectivity index (χ2v) is 8.65. The van der Waals surface area contributed by atoms with Crippen LogP contribution in [0.1, 0.15) is 46.4 Å². The van der Waals surface area contributed by atoms with E-state index in [0.29, 0.717) is 21.5 Å². The second-order valence-electron chi connectivity index (χ2n) is 8.24. The van der Waals surface area contributed by atoms with Crippen molar-refractivity contribution < 1.29 is 28.0 Å². The number of nitro groups is 1. The van der Waals surface area contributed by atoms with E-state index < -0.39 is 51.8 Å². The number of nitrogens with zero attached hydrogens (tertiary/aromatic N) is 6. The van der Waals surface area contributed by atoms with E-state index in [-0.39, 0.29) is 17.9 Å². The van der Waals surface area contributed by atoms with E-state index >= 15 is 0 Å². The molecule has 14 heteroatoms. The summed E-state index contributed by atoms with van der Waals surface area (Å²) in [5, 5.41) is 39.2. The van der Waals surface area contributed by atoms with Gasteiger partial charge in [0.05, 0.1) is 45.2 Å². The maximum Gasteiger partial charge on any atom is 0.396 e. The number of rotatable bonds is 7. The molecular formula is C24H16ClF3N6O4. The molecule has 2 aromatic carbocycles. The molecule has 0 aliphatic heterocycles. The van der Waals surface area contributed by atoms with Crippen LogP contribution in [0.5, 0.6) is 0 Å². The number of halogens is 4. The third-order valence-corrected chi connectivity index (χ3v) is 6.19. The lowest BCUT2D eigenvalue weighted by molar-refractivity contribution is -0.386. The van der Waals surface area contributed by atoms with Crippen molar-refractivity contribution in [2.24, 2.45) is 0 Å². The molecule has 0 saturated carbocycles. The smallest absolute Gasteiger partial charge is 0.396 e. The summed E-state index contributed by atoms with van der Waals surface area (Å²) in [6, 6.07) is 9.98. The fraction of sp³-hybridized carbons (Fsp3) is 0.208. The van der Waals surface area contributed by atoms with Crippen LogP contribution in [0, 0.1) is 21.4 Å². The monoisotopic (exact) mass is 544 g/mol. The molecule has 194 valence electrons. The Bertz CT molecular complexity index is 1630. The molecule has 2 heterocycles. The van der Waals surface area contributed by atoms with Gasteiger partial charge in [-0.2, -0.15) is 18.4 Å². The largest absolute Gasteiger partial charge is 0.478 e. The zero-order valence-electron chi connectivity index (χ0n) is 19.4. The lowest BCUT2D eigenvalue weighted by Crippen LogP contribution is -2.23. The first-order valence-electron chi connectivity index (χ1n) is 11.0. The Morgan fingerprint density at radius 3 is 2.63 bits per heavy atom. The fourth-order valence-corrected chi connectivity index (χ4v) is 4.50. The molecule has 2 aromatic heterocycles. The molecule has 0 amide bonds. The van der Waals surface area contributed by atoms with Crippen molar-refractivity contribution in [3.05, 3.63) is 80.1 Å². The first kappa shape index (κ1) is 26.5. The highest BCUT2D eigenvalue weighted by molar-refractivity contribution is 6.35. The summed E-state index contributed by atoms with van der Waals surface area (Å²) in [7, 11) is 0. The van der Waals surface area contributed by atoms with Gasteiger partial charge in [0.15, 0.2) is 0 Å². The van der Waals surface area contributed by atoms with Crippen molar-refractivity contribution in [2.75, 3.05) is 0 Å². The lowest BCUT2D eigenvalue weighted by atomic mass is 9.86. The van der Waals surface area contributed by atoms with Crippen LogP contribution < -0.4 is 0 Å². The van der Waals surface area contributed by atoms with Crippen LogP contribution in [0.3, 0.4) is 0 Å². The minimum Gasteiger partial charge on any atom is -0.478 e. The maximum absolute atomic E-state index is 13.9. The van der Waals surface area contributed by atoms with Crippen LogP contribution >= 0.6 is 11.6 Å². The van der Waals surface area contributed by atoms with Crippen molar-refractivity contribution in [3.63, 3.8) is 0 Å². The van der Waals surface area contributed by atoms with Crippen LogP contribution in [0.15, 0.2) is 42.6 Å². The zero-order chi connectivity index (χ0) is 27.8. The van der Waals surface area contributed by atoms with Gasteiger partial charge in [-0.1, -0.05) is 35.9 Å². The van der Waals surface area contributed by atoms with Crippen molar-refractivity contribution in [3.8, 4) is 17.3 Å². The number of hydrogen-bond acceptors (Lipinski definition) is 7. The number of carboxylic acids is 1. The van der Waals surface area contributed by atoms with Gasteiger partial charge in [0.25, 0.3) is 5.69 Å². The maximum atomic E-state index is 13.9. The van der Waals surface area contributed by atoms with Crippen LogP contribution in [-0.4, -0.2) is 42.2 Å². The van der Waals surface area contributed by atoms with Crippen molar-refractivity contribution in [1.82, 2.24) is 20.0 Å². The highest BCUT2D eigenvalue weighted by atomic mass is 35.5. The fourth-order valence-electron chi connectivity index (χ4n) is 4.24. The molecular weight excluding hydrogens is 529 g/mol. The Balaban J connectivity index is 1.84. The van der Waals surface area contributed by atoms with Gasteiger partial charge in [-0.25, -0.2) is 14.5 Å². The van der Waals surface area contributed by atoms with Gasteiger partial charge in [0.2, 0.25) is 0 Å². The van der Waals surface area contributed by atoms with E-state index in [9.17, 15) is 33.2 Å². The van der Waals surface area contributed by atoms with Crippen LogP contribution in [0.25, 0.3) is 22.2 Å². The van der Waals surface area contributed by atoms with E-state index in [1.165, 1.54) is 23.9 Å². The number of hydrogen-bond donors (Lipinski definition) is 1. The van der Waals surface area contributed by atoms with Crippen LogP contribution in [0.4, 0.5) is 18.9 Å². The van der Waals surface area contributed by atoms with E-state index in [4.69, 9.17) is 16.9 Å².